The summed E-state index contributed by atoms with van der Waals surface area (Å²) in [5, 5.41) is 2.93. The average molecular weight is 254 g/mol. The Bertz CT molecular complexity index is 371. The summed E-state index contributed by atoms with van der Waals surface area (Å²) in [6.45, 7) is 8.69. The Hall–Kier alpha value is -0.870. The van der Waals surface area contributed by atoms with Gasteiger partial charge in [-0.15, -0.1) is 11.3 Å². The molecular formula is C13H22N2OS. The van der Waals surface area contributed by atoms with Crippen LogP contribution in [0.1, 0.15) is 42.0 Å². The van der Waals surface area contributed by atoms with Gasteiger partial charge in [0.25, 0.3) is 0 Å². The van der Waals surface area contributed by atoms with Crippen molar-refractivity contribution < 1.29 is 4.79 Å². The van der Waals surface area contributed by atoms with Crippen molar-refractivity contribution in [2.45, 2.75) is 52.6 Å². The number of aryl methyl sites for hydroxylation is 2. The van der Waals surface area contributed by atoms with Crippen molar-refractivity contribution in [2.24, 2.45) is 5.73 Å². The summed E-state index contributed by atoms with van der Waals surface area (Å²) in [4.78, 5) is 14.1. The van der Waals surface area contributed by atoms with Gasteiger partial charge < -0.3 is 11.1 Å². The number of carbonyl (C=O) groups is 1. The Balaban J connectivity index is 2.33. The molecule has 0 aliphatic carbocycles. The van der Waals surface area contributed by atoms with Crippen molar-refractivity contribution in [3.8, 4) is 0 Å². The summed E-state index contributed by atoms with van der Waals surface area (Å²) in [5.74, 6) is 0.0761. The van der Waals surface area contributed by atoms with Gasteiger partial charge in [0, 0.05) is 21.7 Å². The predicted octanol–water partition coefficient (Wildman–Crippen LogP) is 2.50. The molecule has 1 aromatic rings. The van der Waals surface area contributed by atoms with Gasteiger partial charge in [0.1, 0.15) is 0 Å². The number of hydrogen-bond acceptors (Lipinski definition) is 3. The van der Waals surface area contributed by atoms with E-state index in [-0.39, 0.29) is 11.4 Å². The fourth-order valence-corrected chi connectivity index (χ4v) is 2.44. The molecule has 0 aromatic carbocycles. The molecule has 3 nitrogen and oxygen atoms in total. The second-order valence-electron chi connectivity index (χ2n) is 5.22. The number of amides is 1. The van der Waals surface area contributed by atoms with Crippen LogP contribution in [0.4, 0.5) is 0 Å². The third-order valence-corrected chi connectivity index (χ3v) is 3.83. The first-order valence-corrected chi connectivity index (χ1v) is 6.71. The molecule has 0 fully saturated rings. The zero-order valence-electron chi connectivity index (χ0n) is 11.1. The highest BCUT2D eigenvalue weighted by atomic mass is 32.1. The molecule has 0 saturated carbocycles. The zero-order valence-corrected chi connectivity index (χ0v) is 11.9. The molecular weight excluding hydrogens is 232 g/mol. The first kappa shape index (κ1) is 14.2. The summed E-state index contributed by atoms with van der Waals surface area (Å²) in [5.41, 5.74) is 6.86. The Labute approximate surface area is 107 Å². The molecule has 0 saturated heterocycles. The number of rotatable bonds is 5. The molecule has 0 bridgehead atoms. The van der Waals surface area contributed by atoms with Gasteiger partial charge in [0.15, 0.2) is 0 Å². The Morgan fingerprint density at radius 2 is 2.12 bits per heavy atom. The molecule has 0 aliphatic rings. The minimum Gasteiger partial charge on any atom is -0.351 e. The van der Waals surface area contributed by atoms with E-state index in [2.05, 4.69) is 25.2 Å². The SMILES string of the molecule is Cc1cc(CNC(=O)CCC(C)(C)N)sc1C. The smallest absolute Gasteiger partial charge is 0.220 e. The largest absolute Gasteiger partial charge is 0.351 e. The van der Waals surface area contributed by atoms with Crippen LogP contribution in [-0.4, -0.2) is 11.4 Å². The van der Waals surface area contributed by atoms with Gasteiger partial charge in [-0.25, -0.2) is 0 Å². The highest BCUT2D eigenvalue weighted by molar-refractivity contribution is 7.12. The molecule has 4 heteroatoms. The number of nitrogens with two attached hydrogens (primary N) is 1. The van der Waals surface area contributed by atoms with E-state index < -0.39 is 0 Å². The molecule has 0 spiro atoms. The molecule has 0 radical (unpaired) electrons. The number of nitrogens with one attached hydrogen (secondary N) is 1. The quantitative estimate of drug-likeness (QED) is 0.848. The normalized spacial score (nSPS) is 11.6. The van der Waals surface area contributed by atoms with Gasteiger partial charge in [-0.05, 0) is 45.7 Å². The number of carbonyl (C=O) groups excluding carboxylic acids is 1. The van der Waals surface area contributed by atoms with Gasteiger partial charge in [-0.1, -0.05) is 0 Å². The Kier molecular flexibility index (Phi) is 4.71. The summed E-state index contributed by atoms with van der Waals surface area (Å²) < 4.78 is 0. The fourth-order valence-electron chi connectivity index (χ4n) is 1.45. The van der Waals surface area contributed by atoms with Gasteiger partial charge in [0.2, 0.25) is 5.91 Å². The van der Waals surface area contributed by atoms with Crippen LogP contribution in [0.15, 0.2) is 6.07 Å². The van der Waals surface area contributed by atoms with E-state index in [9.17, 15) is 4.79 Å². The van der Waals surface area contributed by atoms with Gasteiger partial charge in [-0.2, -0.15) is 0 Å². The Morgan fingerprint density at radius 1 is 1.47 bits per heavy atom. The Morgan fingerprint density at radius 3 is 2.59 bits per heavy atom. The first-order valence-electron chi connectivity index (χ1n) is 5.89. The van der Waals surface area contributed by atoms with Crippen LogP contribution in [0.25, 0.3) is 0 Å². The standard InChI is InChI=1S/C13H22N2OS/c1-9-7-11(17-10(9)2)8-15-12(16)5-6-13(3,4)14/h7H,5-6,8,14H2,1-4H3,(H,15,16). The summed E-state index contributed by atoms with van der Waals surface area (Å²) in [7, 11) is 0. The number of hydrogen-bond donors (Lipinski definition) is 2. The highest BCUT2D eigenvalue weighted by Gasteiger charge is 2.13. The molecule has 1 amide bonds. The molecule has 17 heavy (non-hydrogen) atoms. The van der Waals surface area contributed by atoms with Crippen molar-refractivity contribution in [1.29, 1.82) is 0 Å². The van der Waals surface area contributed by atoms with Crippen molar-refractivity contribution in [3.63, 3.8) is 0 Å². The fraction of sp³-hybridized carbons (Fsp3) is 0.615. The van der Waals surface area contributed by atoms with E-state index in [4.69, 9.17) is 5.73 Å². The van der Waals surface area contributed by atoms with E-state index in [0.29, 0.717) is 19.4 Å². The van der Waals surface area contributed by atoms with Gasteiger partial charge in [-0.3, -0.25) is 4.79 Å². The molecule has 3 N–H and O–H groups in total. The van der Waals surface area contributed by atoms with E-state index in [1.165, 1.54) is 15.3 Å². The lowest BCUT2D eigenvalue weighted by atomic mass is 10.00. The number of thiophene rings is 1. The molecule has 0 unspecified atom stereocenters. The van der Waals surface area contributed by atoms with Crippen LogP contribution in [0.5, 0.6) is 0 Å². The maximum absolute atomic E-state index is 11.6. The lowest BCUT2D eigenvalue weighted by Crippen LogP contribution is -2.34. The third kappa shape index (κ3) is 5.33. The molecule has 96 valence electrons. The van der Waals surface area contributed by atoms with E-state index in [1.807, 2.05) is 13.8 Å². The zero-order chi connectivity index (χ0) is 13.1. The lowest BCUT2D eigenvalue weighted by Gasteiger charge is -2.17. The van der Waals surface area contributed by atoms with Crippen molar-refractivity contribution in [3.05, 3.63) is 21.4 Å². The minimum atomic E-state index is -0.270. The predicted molar refractivity (Wildman–Crippen MR) is 73.1 cm³/mol. The molecule has 1 rings (SSSR count). The summed E-state index contributed by atoms with van der Waals surface area (Å²) in [6.07, 6.45) is 1.20. The van der Waals surface area contributed by atoms with Crippen molar-refractivity contribution in [2.75, 3.05) is 0 Å². The average Bonchev–Trinajstić information content (AvgIpc) is 2.51. The topological polar surface area (TPSA) is 55.1 Å². The summed E-state index contributed by atoms with van der Waals surface area (Å²) in [6, 6.07) is 2.13. The maximum Gasteiger partial charge on any atom is 0.220 e. The van der Waals surface area contributed by atoms with E-state index in [1.54, 1.807) is 11.3 Å². The second kappa shape index (κ2) is 5.65. The second-order valence-corrected chi connectivity index (χ2v) is 6.56. The van der Waals surface area contributed by atoms with Gasteiger partial charge >= 0.3 is 0 Å². The van der Waals surface area contributed by atoms with Crippen LogP contribution in [0, 0.1) is 13.8 Å². The summed E-state index contributed by atoms with van der Waals surface area (Å²) >= 11 is 1.74. The highest BCUT2D eigenvalue weighted by Crippen LogP contribution is 2.20. The maximum atomic E-state index is 11.6. The van der Waals surface area contributed by atoms with Crippen LogP contribution >= 0.6 is 11.3 Å². The molecule has 0 aliphatic heterocycles. The monoisotopic (exact) mass is 254 g/mol. The van der Waals surface area contributed by atoms with E-state index >= 15 is 0 Å². The van der Waals surface area contributed by atoms with Crippen LogP contribution < -0.4 is 11.1 Å². The van der Waals surface area contributed by atoms with E-state index in [0.717, 1.165) is 0 Å². The van der Waals surface area contributed by atoms with Crippen LogP contribution in [0.2, 0.25) is 0 Å². The molecule has 0 atom stereocenters. The molecule has 1 heterocycles. The lowest BCUT2D eigenvalue weighted by molar-refractivity contribution is -0.121. The first-order chi connectivity index (χ1) is 7.78. The van der Waals surface area contributed by atoms with Crippen molar-refractivity contribution >= 4 is 17.2 Å². The third-order valence-electron chi connectivity index (χ3n) is 2.67. The molecule has 1 aromatic heterocycles. The van der Waals surface area contributed by atoms with Gasteiger partial charge in [0.05, 0.1) is 6.54 Å². The van der Waals surface area contributed by atoms with Crippen LogP contribution in [-0.2, 0) is 11.3 Å². The van der Waals surface area contributed by atoms with Crippen LogP contribution in [0.3, 0.4) is 0 Å². The minimum absolute atomic E-state index is 0.0761. The van der Waals surface area contributed by atoms with Crippen molar-refractivity contribution in [1.82, 2.24) is 5.32 Å².